The first-order valence-electron chi connectivity index (χ1n) is 10.0. The van der Waals surface area contributed by atoms with E-state index >= 15 is 0 Å². The molecule has 5 heteroatoms. The minimum Gasteiger partial charge on any atom is -0.493 e. The molecule has 1 aromatic carbocycles. The molecule has 3 rings (SSSR count). The third-order valence-electron chi connectivity index (χ3n) is 5.41. The number of benzene rings is 1. The Morgan fingerprint density at radius 2 is 2.04 bits per heavy atom. The average Bonchev–Trinajstić information content (AvgIpc) is 3.27. The smallest absolute Gasteiger partial charge is 0.303 e. The Hall–Kier alpha value is -1.46. The molecule has 0 spiro atoms. The largest absolute Gasteiger partial charge is 0.493 e. The van der Waals surface area contributed by atoms with Crippen LogP contribution in [-0.2, 0) is 9.53 Å². The zero-order valence-electron chi connectivity index (χ0n) is 15.8. The van der Waals surface area contributed by atoms with Crippen molar-refractivity contribution in [1.29, 1.82) is 0 Å². The minimum absolute atomic E-state index is 0.273. The van der Waals surface area contributed by atoms with Crippen LogP contribution in [0.5, 0.6) is 5.75 Å². The Balaban J connectivity index is 1.35. The van der Waals surface area contributed by atoms with Crippen molar-refractivity contribution >= 4 is 17.7 Å². The fourth-order valence-corrected chi connectivity index (χ4v) is 5.12. The molecule has 2 aliphatic rings. The van der Waals surface area contributed by atoms with Crippen molar-refractivity contribution in [1.82, 2.24) is 0 Å². The van der Waals surface area contributed by atoms with Crippen LogP contribution in [0.1, 0.15) is 38.5 Å². The Morgan fingerprint density at radius 1 is 1.22 bits per heavy atom. The fourth-order valence-electron chi connectivity index (χ4n) is 4.04. The predicted molar refractivity (Wildman–Crippen MR) is 109 cm³/mol. The number of thioether (sulfide) groups is 1. The number of rotatable bonds is 12. The van der Waals surface area contributed by atoms with Crippen LogP contribution < -0.4 is 4.74 Å². The molecule has 1 N–H and O–H groups in total. The summed E-state index contributed by atoms with van der Waals surface area (Å²) in [5.74, 6) is 3.47. The SMILES string of the molecule is O=C(O)CCCC/C=C\[C@@H]1[C@@H](CSCCOc2ccccc2)[C@H]2CC[C@@H]1O2. The van der Waals surface area contributed by atoms with E-state index < -0.39 is 5.97 Å². The summed E-state index contributed by atoms with van der Waals surface area (Å²) in [6, 6.07) is 9.97. The maximum atomic E-state index is 10.6. The second-order valence-electron chi connectivity index (χ2n) is 7.34. The molecule has 27 heavy (non-hydrogen) atoms. The highest BCUT2D eigenvalue weighted by Gasteiger charge is 2.47. The summed E-state index contributed by atoms with van der Waals surface area (Å²) in [6.07, 6.45) is 10.7. The highest BCUT2D eigenvalue weighted by Crippen LogP contribution is 2.45. The molecule has 0 aliphatic carbocycles. The van der Waals surface area contributed by atoms with E-state index in [-0.39, 0.29) is 6.42 Å². The summed E-state index contributed by atoms with van der Waals surface area (Å²) in [5, 5.41) is 8.69. The topological polar surface area (TPSA) is 55.8 Å². The summed E-state index contributed by atoms with van der Waals surface area (Å²) in [6.45, 7) is 0.737. The number of ether oxygens (including phenoxy) is 2. The fraction of sp³-hybridized carbons (Fsp3) is 0.591. The molecule has 0 saturated carbocycles. The molecule has 2 fully saturated rings. The molecule has 0 unspecified atom stereocenters. The molecule has 2 heterocycles. The lowest BCUT2D eigenvalue weighted by molar-refractivity contribution is -0.137. The second kappa shape index (κ2) is 10.8. The average molecular weight is 391 g/mol. The van der Waals surface area contributed by atoms with Crippen molar-refractivity contribution in [3.05, 3.63) is 42.5 Å². The highest BCUT2D eigenvalue weighted by atomic mass is 32.2. The molecule has 0 aromatic heterocycles. The van der Waals surface area contributed by atoms with Crippen molar-refractivity contribution in [2.45, 2.75) is 50.7 Å². The van der Waals surface area contributed by atoms with Gasteiger partial charge in [-0.2, -0.15) is 11.8 Å². The number of carbonyl (C=O) groups is 1. The van der Waals surface area contributed by atoms with Gasteiger partial charge in [-0.25, -0.2) is 0 Å². The van der Waals surface area contributed by atoms with Gasteiger partial charge in [0.2, 0.25) is 0 Å². The van der Waals surface area contributed by atoms with E-state index in [4.69, 9.17) is 14.6 Å². The van der Waals surface area contributed by atoms with E-state index in [1.165, 1.54) is 12.8 Å². The first-order valence-corrected chi connectivity index (χ1v) is 11.2. The highest BCUT2D eigenvalue weighted by molar-refractivity contribution is 7.99. The van der Waals surface area contributed by atoms with Crippen LogP contribution in [0.25, 0.3) is 0 Å². The summed E-state index contributed by atoms with van der Waals surface area (Å²) in [4.78, 5) is 10.6. The van der Waals surface area contributed by atoms with Crippen LogP contribution in [0, 0.1) is 11.8 Å². The van der Waals surface area contributed by atoms with Crippen LogP contribution in [0.4, 0.5) is 0 Å². The summed E-state index contributed by atoms with van der Waals surface area (Å²) < 4.78 is 11.9. The normalized spacial score (nSPS) is 26.7. The van der Waals surface area contributed by atoms with E-state index in [0.29, 0.717) is 24.0 Å². The Kier molecular flexibility index (Phi) is 8.09. The molecule has 0 radical (unpaired) electrons. The Labute approximate surface area is 166 Å². The second-order valence-corrected chi connectivity index (χ2v) is 8.49. The van der Waals surface area contributed by atoms with Crippen LogP contribution in [0.2, 0.25) is 0 Å². The Bertz CT molecular complexity index is 604. The molecule has 2 bridgehead atoms. The van der Waals surface area contributed by atoms with E-state index in [0.717, 1.165) is 43.1 Å². The third kappa shape index (κ3) is 6.28. The van der Waals surface area contributed by atoms with Crippen molar-refractivity contribution in [2.24, 2.45) is 11.8 Å². The number of allylic oxidation sites excluding steroid dienone is 1. The van der Waals surface area contributed by atoms with Gasteiger partial charge in [0, 0.05) is 24.0 Å². The molecule has 4 nitrogen and oxygen atoms in total. The first-order chi connectivity index (χ1) is 13.2. The lowest BCUT2D eigenvalue weighted by Gasteiger charge is -2.25. The van der Waals surface area contributed by atoms with E-state index in [2.05, 4.69) is 12.2 Å². The number of aliphatic carboxylic acids is 1. The first kappa shape index (κ1) is 20.3. The molecule has 148 valence electrons. The molecule has 1 aromatic rings. The van der Waals surface area contributed by atoms with Gasteiger partial charge in [0.1, 0.15) is 5.75 Å². The van der Waals surface area contributed by atoms with Gasteiger partial charge in [0.25, 0.3) is 0 Å². The van der Waals surface area contributed by atoms with Gasteiger partial charge in [-0.15, -0.1) is 0 Å². The lowest BCUT2D eigenvalue weighted by Crippen LogP contribution is -2.27. The van der Waals surface area contributed by atoms with Gasteiger partial charge >= 0.3 is 5.97 Å². The van der Waals surface area contributed by atoms with Gasteiger partial charge in [0.15, 0.2) is 0 Å². The van der Waals surface area contributed by atoms with Crippen molar-refractivity contribution in [2.75, 3.05) is 18.1 Å². The predicted octanol–water partition coefficient (Wildman–Crippen LogP) is 4.79. The van der Waals surface area contributed by atoms with E-state index in [1.807, 2.05) is 42.1 Å². The van der Waals surface area contributed by atoms with Crippen molar-refractivity contribution in [3.63, 3.8) is 0 Å². The Morgan fingerprint density at radius 3 is 2.85 bits per heavy atom. The maximum absolute atomic E-state index is 10.6. The quantitative estimate of drug-likeness (QED) is 0.411. The third-order valence-corrected chi connectivity index (χ3v) is 6.48. The number of hydrogen-bond donors (Lipinski definition) is 1. The van der Waals surface area contributed by atoms with Crippen molar-refractivity contribution < 1.29 is 19.4 Å². The van der Waals surface area contributed by atoms with Gasteiger partial charge in [-0.1, -0.05) is 30.4 Å². The summed E-state index contributed by atoms with van der Waals surface area (Å²) in [7, 11) is 0. The monoisotopic (exact) mass is 390 g/mol. The van der Waals surface area contributed by atoms with Crippen LogP contribution in [0.15, 0.2) is 42.5 Å². The van der Waals surface area contributed by atoms with Gasteiger partial charge in [0.05, 0.1) is 18.8 Å². The van der Waals surface area contributed by atoms with Gasteiger partial charge < -0.3 is 14.6 Å². The standard InChI is InChI=1S/C22H30O4S/c23-22(24)11-7-2-1-6-10-18-19(21-13-12-20(18)26-21)16-27-15-14-25-17-8-4-3-5-9-17/h3-6,8-10,18-21H,1-2,7,11-16H2,(H,23,24)/b10-6-/t18-,19-,20+,21-/m1/s1. The minimum atomic E-state index is -0.700. The van der Waals surface area contributed by atoms with Gasteiger partial charge in [-0.05, 0) is 50.0 Å². The molecule has 2 saturated heterocycles. The number of carboxylic acid groups (broad SMARTS) is 1. The van der Waals surface area contributed by atoms with Crippen molar-refractivity contribution in [3.8, 4) is 5.75 Å². The van der Waals surface area contributed by atoms with Crippen LogP contribution in [0.3, 0.4) is 0 Å². The summed E-state index contributed by atoms with van der Waals surface area (Å²) >= 11 is 1.96. The molecular formula is C22H30O4S. The van der Waals surface area contributed by atoms with E-state index in [1.54, 1.807) is 0 Å². The van der Waals surface area contributed by atoms with E-state index in [9.17, 15) is 4.79 Å². The molecule has 2 aliphatic heterocycles. The number of para-hydroxylation sites is 1. The number of unbranched alkanes of at least 4 members (excludes halogenated alkanes) is 2. The number of fused-ring (bicyclic) bond motifs is 2. The van der Waals surface area contributed by atoms with Crippen LogP contribution in [-0.4, -0.2) is 41.4 Å². The number of hydrogen-bond acceptors (Lipinski definition) is 4. The maximum Gasteiger partial charge on any atom is 0.303 e. The lowest BCUT2D eigenvalue weighted by atomic mass is 9.80. The zero-order valence-corrected chi connectivity index (χ0v) is 16.6. The number of carboxylic acids is 1. The summed E-state index contributed by atoms with van der Waals surface area (Å²) in [5.41, 5.74) is 0. The van der Waals surface area contributed by atoms with Crippen LogP contribution >= 0.6 is 11.8 Å². The molecule has 4 atom stereocenters. The van der Waals surface area contributed by atoms with Gasteiger partial charge in [-0.3, -0.25) is 4.79 Å². The molecular weight excluding hydrogens is 360 g/mol. The zero-order chi connectivity index (χ0) is 18.9. The molecule has 0 amide bonds.